The summed E-state index contributed by atoms with van der Waals surface area (Å²) in [6, 6.07) is 11.6. The number of hydrogen-bond acceptors (Lipinski definition) is 2. The van der Waals surface area contributed by atoms with E-state index in [-0.39, 0.29) is 0 Å². The van der Waals surface area contributed by atoms with Gasteiger partial charge in [0.2, 0.25) is 0 Å². The highest BCUT2D eigenvalue weighted by molar-refractivity contribution is 5.79. The van der Waals surface area contributed by atoms with Crippen LogP contribution in [0.25, 0.3) is 10.9 Å². The van der Waals surface area contributed by atoms with Gasteiger partial charge in [-0.25, -0.2) is 0 Å². The summed E-state index contributed by atoms with van der Waals surface area (Å²) in [5, 5.41) is 4.93. The Hall–Kier alpha value is -1.41. The van der Waals surface area contributed by atoms with Crippen LogP contribution in [-0.4, -0.2) is 17.6 Å². The van der Waals surface area contributed by atoms with E-state index in [1.165, 1.54) is 23.8 Å². The molecule has 0 amide bonds. The molecule has 0 radical (unpaired) electrons. The van der Waals surface area contributed by atoms with Crippen molar-refractivity contribution in [2.24, 2.45) is 5.92 Å². The van der Waals surface area contributed by atoms with Crippen LogP contribution in [0.3, 0.4) is 0 Å². The molecule has 3 rings (SSSR count). The number of nitrogens with zero attached hydrogens (tertiary/aromatic N) is 1. The van der Waals surface area contributed by atoms with E-state index in [1.807, 2.05) is 12.3 Å². The summed E-state index contributed by atoms with van der Waals surface area (Å²) in [6.07, 6.45) is 4.37. The van der Waals surface area contributed by atoms with Gasteiger partial charge in [0, 0.05) is 23.5 Å². The van der Waals surface area contributed by atoms with E-state index in [0.29, 0.717) is 12.0 Å². The zero-order valence-corrected chi connectivity index (χ0v) is 11.8. The minimum Gasteiger partial charge on any atom is -0.313 e. The van der Waals surface area contributed by atoms with E-state index in [1.54, 1.807) is 0 Å². The molecule has 0 aliphatic carbocycles. The smallest absolute Gasteiger partial charge is 0.0702 e. The third-order valence-corrected chi connectivity index (χ3v) is 4.13. The van der Waals surface area contributed by atoms with Crippen LogP contribution in [0.5, 0.6) is 0 Å². The van der Waals surface area contributed by atoms with Crippen molar-refractivity contribution in [2.75, 3.05) is 6.54 Å². The predicted octanol–water partition coefficient (Wildman–Crippen LogP) is 3.73. The molecule has 19 heavy (non-hydrogen) atoms. The monoisotopic (exact) mass is 254 g/mol. The second-order valence-electron chi connectivity index (χ2n) is 6.04. The largest absolute Gasteiger partial charge is 0.313 e. The van der Waals surface area contributed by atoms with E-state index in [0.717, 1.165) is 18.0 Å². The highest BCUT2D eigenvalue weighted by atomic mass is 14.9. The summed E-state index contributed by atoms with van der Waals surface area (Å²) in [5.74, 6) is 1.41. The van der Waals surface area contributed by atoms with Gasteiger partial charge in [0.25, 0.3) is 0 Å². The van der Waals surface area contributed by atoms with Crippen molar-refractivity contribution in [1.29, 1.82) is 0 Å². The van der Waals surface area contributed by atoms with E-state index in [9.17, 15) is 0 Å². The van der Waals surface area contributed by atoms with E-state index >= 15 is 0 Å². The Kier molecular flexibility index (Phi) is 3.52. The summed E-state index contributed by atoms with van der Waals surface area (Å²) in [6.45, 7) is 5.76. The van der Waals surface area contributed by atoms with E-state index in [2.05, 4.69) is 48.4 Å². The van der Waals surface area contributed by atoms with Crippen LogP contribution in [0, 0.1) is 5.92 Å². The normalized spacial score (nSPS) is 23.3. The summed E-state index contributed by atoms with van der Waals surface area (Å²) >= 11 is 0. The highest BCUT2D eigenvalue weighted by Crippen LogP contribution is 2.32. The van der Waals surface area contributed by atoms with Gasteiger partial charge in [0.05, 0.1) is 5.52 Å². The first kappa shape index (κ1) is 12.6. The minimum absolute atomic E-state index is 0.633. The number of aromatic nitrogens is 1. The third-order valence-electron chi connectivity index (χ3n) is 4.13. The van der Waals surface area contributed by atoms with Crippen LogP contribution < -0.4 is 5.32 Å². The first-order chi connectivity index (χ1) is 9.24. The Morgan fingerprint density at radius 3 is 3.05 bits per heavy atom. The zero-order chi connectivity index (χ0) is 13.2. The molecule has 2 nitrogen and oxygen atoms in total. The zero-order valence-electron chi connectivity index (χ0n) is 11.8. The van der Waals surface area contributed by atoms with Gasteiger partial charge < -0.3 is 5.32 Å². The van der Waals surface area contributed by atoms with Gasteiger partial charge in [-0.2, -0.15) is 0 Å². The van der Waals surface area contributed by atoms with Crippen molar-refractivity contribution < 1.29 is 0 Å². The average molecular weight is 254 g/mol. The number of pyridine rings is 1. The lowest BCUT2D eigenvalue weighted by Crippen LogP contribution is -2.27. The van der Waals surface area contributed by atoms with Gasteiger partial charge >= 0.3 is 0 Å². The van der Waals surface area contributed by atoms with Crippen molar-refractivity contribution in [3.8, 4) is 0 Å². The number of hydrogen-bond donors (Lipinski definition) is 1. The molecule has 1 fully saturated rings. The fourth-order valence-corrected chi connectivity index (χ4v) is 3.25. The molecular weight excluding hydrogens is 232 g/mol. The summed E-state index contributed by atoms with van der Waals surface area (Å²) < 4.78 is 0. The molecule has 1 aromatic heterocycles. The molecule has 1 aromatic carbocycles. The maximum atomic E-state index is 4.40. The Morgan fingerprint density at radius 2 is 2.21 bits per heavy atom. The Morgan fingerprint density at radius 1 is 1.32 bits per heavy atom. The number of nitrogens with one attached hydrogen (secondary N) is 1. The van der Waals surface area contributed by atoms with E-state index < -0.39 is 0 Å². The first-order valence-electron chi connectivity index (χ1n) is 7.32. The van der Waals surface area contributed by atoms with Gasteiger partial charge in [-0.15, -0.1) is 0 Å². The lowest BCUT2D eigenvalue weighted by molar-refractivity contribution is 0.434. The Balaban J connectivity index is 1.90. The van der Waals surface area contributed by atoms with Gasteiger partial charge in [0.15, 0.2) is 0 Å². The van der Waals surface area contributed by atoms with Crippen molar-refractivity contribution >= 4 is 10.9 Å². The molecule has 100 valence electrons. The predicted molar refractivity (Wildman–Crippen MR) is 80.3 cm³/mol. The van der Waals surface area contributed by atoms with Crippen molar-refractivity contribution in [3.63, 3.8) is 0 Å². The lowest BCUT2D eigenvalue weighted by atomic mass is 9.87. The van der Waals surface area contributed by atoms with Gasteiger partial charge in [-0.1, -0.05) is 26.0 Å². The van der Waals surface area contributed by atoms with Crippen LogP contribution in [0.1, 0.15) is 38.2 Å². The number of fused-ring (bicyclic) bond motifs is 1. The van der Waals surface area contributed by atoms with Crippen molar-refractivity contribution in [2.45, 2.75) is 38.6 Å². The highest BCUT2D eigenvalue weighted by Gasteiger charge is 2.28. The minimum atomic E-state index is 0.633. The van der Waals surface area contributed by atoms with Gasteiger partial charge in [-0.05, 0) is 49.1 Å². The van der Waals surface area contributed by atoms with Gasteiger partial charge in [0.1, 0.15) is 0 Å². The lowest BCUT2D eigenvalue weighted by Gasteiger charge is -2.22. The fourth-order valence-electron chi connectivity index (χ4n) is 3.25. The molecule has 1 N–H and O–H groups in total. The maximum Gasteiger partial charge on any atom is 0.0702 e. The number of rotatable bonds is 3. The standard InChI is InChI=1S/C17H22N2/c1-12(2)10-17-15(7-9-19-17)13-5-6-16-14(11-13)4-3-8-18-16/h3-6,8,11-12,15,17,19H,7,9-10H2,1-2H3. The molecule has 2 unspecified atom stereocenters. The summed E-state index contributed by atoms with van der Waals surface area (Å²) in [4.78, 5) is 4.40. The molecule has 1 aliphatic heterocycles. The van der Waals surface area contributed by atoms with Crippen LogP contribution >= 0.6 is 0 Å². The molecular formula is C17H22N2. The van der Waals surface area contributed by atoms with Gasteiger partial charge in [-0.3, -0.25) is 4.98 Å². The van der Waals surface area contributed by atoms with Crippen LogP contribution in [-0.2, 0) is 0 Å². The topological polar surface area (TPSA) is 24.9 Å². The number of benzene rings is 1. The summed E-state index contributed by atoms with van der Waals surface area (Å²) in [7, 11) is 0. The molecule has 1 aliphatic rings. The van der Waals surface area contributed by atoms with Crippen LogP contribution in [0.2, 0.25) is 0 Å². The molecule has 2 atom stereocenters. The maximum absolute atomic E-state index is 4.40. The molecule has 1 saturated heterocycles. The second kappa shape index (κ2) is 5.30. The first-order valence-corrected chi connectivity index (χ1v) is 7.32. The molecule has 2 heterocycles. The molecule has 0 spiro atoms. The SMILES string of the molecule is CC(C)CC1NCCC1c1ccc2ncccc2c1. The second-order valence-corrected chi connectivity index (χ2v) is 6.04. The fraction of sp³-hybridized carbons (Fsp3) is 0.471. The summed E-state index contributed by atoms with van der Waals surface area (Å²) in [5.41, 5.74) is 2.56. The molecule has 2 aromatic rings. The molecule has 0 bridgehead atoms. The van der Waals surface area contributed by atoms with Crippen LogP contribution in [0.4, 0.5) is 0 Å². The van der Waals surface area contributed by atoms with Crippen molar-refractivity contribution in [3.05, 3.63) is 42.1 Å². The van der Waals surface area contributed by atoms with E-state index in [4.69, 9.17) is 0 Å². The average Bonchev–Trinajstić information content (AvgIpc) is 2.85. The Labute approximate surface area is 115 Å². The molecule has 0 saturated carbocycles. The van der Waals surface area contributed by atoms with Crippen molar-refractivity contribution in [1.82, 2.24) is 10.3 Å². The third kappa shape index (κ3) is 2.64. The Bertz CT molecular complexity index is 562. The molecule has 2 heteroatoms. The quantitative estimate of drug-likeness (QED) is 0.903. The van der Waals surface area contributed by atoms with Crippen LogP contribution in [0.15, 0.2) is 36.5 Å².